The molecule has 4 aromatic carbocycles. The Hall–Kier alpha value is -4.20. The molecular formula is C37H35BrN2O4. The van der Waals surface area contributed by atoms with Gasteiger partial charge in [-0.15, -0.1) is 0 Å². The molecule has 4 aromatic rings. The Kier molecular flexibility index (Phi) is 9.24. The van der Waals surface area contributed by atoms with E-state index in [1.54, 1.807) is 0 Å². The van der Waals surface area contributed by atoms with Crippen molar-refractivity contribution in [3.05, 3.63) is 141 Å². The Bertz CT molecular complexity index is 1610. The van der Waals surface area contributed by atoms with Crippen LogP contribution in [0.4, 0.5) is 0 Å². The fourth-order valence-corrected chi connectivity index (χ4v) is 6.13. The number of ether oxygens (including phenoxy) is 2. The SMILES string of the molecule is O=C(NC1Cc2ccccc2C1)[C@]1(C/C=C/c2ccccc2)N=C(c2ccc(OCCCO)cc2)O[C@@H]1c1ccc(Br)cc1. The molecule has 44 heavy (non-hydrogen) atoms. The maximum Gasteiger partial charge on any atom is 0.252 e. The molecule has 0 fully saturated rings. The van der Waals surface area contributed by atoms with E-state index in [4.69, 9.17) is 19.6 Å². The van der Waals surface area contributed by atoms with Crippen LogP contribution in [0.25, 0.3) is 6.08 Å². The molecule has 1 heterocycles. The molecule has 0 spiro atoms. The third-order valence-corrected chi connectivity index (χ3v) is 8.66. The molecule has 2 N–H and O–H groups in total. The lowest BCUT2D eigenvalue weighted by molar-refractivity contribution is -0.129. The van der Waals surface area contributed by atoms with Crippen LogP contribution < -0.4 is 10.1 Å². The number of nitrogens with zero attached hydrogens (tertiary/aromatic N) is 1. The summed E-state index contributed by atoms with van der Waals surface area (Å²) < 4.78 is 13.3. The second-order valence-corrected chi connectivity index (χ2v) is 12.1. The summed E-state index contributed by atoms with van der Waals surface area (Å²) >= 11 is 3.54. The van der Waals surface area contributed by atoms with E-state index in [1.165, 1.54) is 11.1 Å². The van der Waals surface area contributed by atoms with E-state index < -0.39 is 11.6 Å². The molecule has 2 aliphatic rings. The van der Waals surface area contributed by atoms with Crippen molar-refractivity contribution in [1.82, 2.24) is 5.32 Å². The highest BCUT2D eigenvalue weighted by molar-refractivity contribution is 9.10. The molecule has 1 amide bonds. The van der Waals surface area contributed by atoms with Crippen molar-refractivity contribution in [1.29, 1.82) is 0 Å². The predicted octanol–water partition coefficient (Wildman–Crippen LogP) is 6.85. The summed E-state index contributed by atoms with van der Waals surface area (Å²) in [5.41, 5.74) is 3.99. The van der Waals surface area contributed by atoms with Gasteiger partial charge < -0.3 is 19.9 Å². The zero-order valence-corrected chi connectivity index (χ0v) is 26.0. The topological polar surface area (TPSA) is 80.2 Å². The van der Waals surface area contributed by atoms with Crippen molar-refractivity contribution in [2.24, 2.45) is 4.99 Å². The minimum Gasteiger partial charge on any atom is -0.494 e. The van der Waals surface area contributed by atoms with Crippen LogP contribution in [0.3, 0.4) is 0 Å². The van der Waals surface area contributed by atoms with E-state index in [0.717, 1.165) is 34.0 Å². The minimum atomic E-state index is -1.24. The Labute approximate surface area is 266 Å². The number of aliphatic hydroxyl groups is 1. The van der Waals surface area contributed by atoms with Crippen LogP contribution in [0.15, 0.2) is 119 Å². The quantitative estimate of drug-likeness (QED) is 0.174. The number of hydrogen-bond acceptors (Lipinski definition) is 5. The van der Waals surface area contributed by atoms with E-state index >= 15 is 0 Å². The van der Waals surface area contributed by atoms with Crippen LogP contribution in [-0.2, 0) is 22.4 Å². The van der Waals surface area contributed by atoms with Crippen molar-refractivity contribution in [3.8, 4) is 5.75 Å². The number of carbonyl (C=O) groups excluding carboxylic acids is 1. The Morgan fingerprint density at radius 3 is 2.32 bits per heavy atom. The van der Waals surface area contributed by atoms with Gasteiger partial charge in [0.15, 0.2) is 11.6 Å². The third-order valence-electron chi connectivity index (χ3n) is 8.13. The average molecular weight is 652 g/mol. The lowest BCUT2D eigenvalue weighted by atomic mass is 9.84. The first-order valence-electron chi connectivity index (χ1n) is 15.0. The van der Waals surface area contributed by atoms with Gasteiger partial charge >= 0.3 is 0 Å². The number of halogens is 1. The molecule has 2 atom stereocenters. The van der Waals surface area contributed by atoms with Crippen LogP contribution in [0.5, 0.6) is 5.75 Å². The molecule has 1 aliphatic carbocycles. The summed E-state index contributed by atoms with van der Waals surface area (Å²) in [6.07, 6.45) is 5.90. The van der Waals surface area contributed by atoms with Crippen molar-refractivity contribution < 1.29 is 19.4 Å². The standard InChI is InChI=1S/C37H35BrN2O4/c38-31-17-13-27(14-18-31)34-37(21-6-10-26-8-2-1-3-9-26,36(42)39-32-24-29-11-4-5-12-30(29)25-32)40-35(44-34)28-15-19-33(20-16-28)43-23-7-22-41/h1-6,8-20,32,34,41H,7,21-25H2,(H,39,42)/b10-6+/t34-,37-/m1/s1. The summed E-state index contributed by atoms with van der Waals surface area (Å²) in [7, 11) is 0. The smallest absolute Gasteiger partial charge is 0.252 e. The van der Waals surface area contributed by atoms with Crippen LogP contribution >= 0.6 is 15.9 Å². The van der Waals surface area contributed by atoms with Crippen molar-refractivity contribution >= 4 is 33.8 Å². The average Bonchev–Trinajstić information content (AvgIpc) is 3.64. The zero-order valence-electron chi connectivity index (χ0n) is 24.4. The molecule has 0 unspecified atom stereocenters. The van der Waals surface area contributed by atoms with Crippen LogP contribution in [0, 0.1) is 0 Å². The highest BCUT2D eigenvalue weighted by Crippen LogP contribution is 2.43. The van der Waals surface area contributed by atoms with E-state index in [0.29, 0.717) is 31.1 Å². The monoisotopic (exact) mass is 650 g/mol. The fourth-order valence-electron chi connectivity index (χ4n) is 5.86. The van der Waals surface area contributed by atoms with Crippen molar-refractivity contribution in [2.45, 2.75) is 43.4 Å². The van der Waals surface area contributed by atoms with Crippen LogP contribution in [0.2, 0.25) is 0 Å². The number of aliphatic hydroxyl groups excluding tert-OH is 1. The summed E-state index contributed by atoms with van der Waals surface area (Å²) in [5, 5.41) is 12.4. The molecule has 0 aromatic heterocycles. The van der Waals surface area contributed by atoms with E-state index in [-0.39, 0.29) is 18.6 Å². The van der Waals surface area contributed by atoms with Crippen molar-refractivity contribution in [3.63, 3.8) is 0 Å². The molecule has 6 rings (SSSR count). The number of aliphatic imine (C=N–C) groups is 1. The molecule has 0 radical (unpaired) electrons. The number of hydrogen-bond donors (Lipinski definition) is 2. The van der Waals surface area contributed by atoms with Gasteiger partial charge in [0.25, 0.3) is 5.91 Å². The van der Waals surface area contributed by atoms with Crippen LogP contribution in [-0.4, -0.2) is 41.7 Å². The molecule has 1 aliphatic heterocycles. The van der Waals surface area contributed by atoms with Gasteiger partial charge in [-0.3, -0.25) is 4.79 Å². The van der Waals surface area contributed by atoms with E-state index in [2.05, 4.69) is 33.4 Å². The maximum absolute atomic E-state index is 14.6. The number of fused-ring (bicyclic) bond motifs is 1. The van der Waals surface area contributed by atoms with Gasteiger partial charge in [0, 0.05) is 35.5 Å². The predicted molar refractivity (Wildman–Crippen MR) is 177 cm³/mol. The molecule has 224 valence electrons. The first-order chi connectivity index (χ1) is 21.5. The largest absolute Gasteiger partial charge is 0.494 e. The van der Waals surface area contributed by atoms with E-state index in [9.17, 15) is 4.79 Å². The molecule has 0 saturated carbocycles. The Morgan fingerprint density at radius 1 is 0.955 bits per heavy atom. The maximum atomic E-state index is 14.6. The number of nitrogens with one attached hydrogen (secondary N) is 1. The van der Waals surface area contributed by atoms with Gasteiger partial charge in [0.2, 0.25) is 5.90 Å². The second kappa shape index (κ2) is 13.6. The summed E-state index contributed by atoms with van der Waals surface area (Å²) in [4.78, 5) is 19.7. The van der Waals surface area contributed by atoms with Gasteiger partial charge in [-0.25, -0.2) is 4.99 Å². The van der Waals surface area contributed by atoms with Gasteiger partial charge in [-0.2, -0.15) is 0 Å². The molecule has 0 bridgehead atoms. The number of carbonyl (C=O) groups is 1. The van der Waals surface area contributed by atoms with Crippen molar-refractivity contribution in [2.75, 3.05) is 13.2 Å². The highest BCUT2D eigenvalue weighted by Gasteiger charge is 2.53. The molecular weight excluding hydrogens is 616 g/mol. The number of rotatable bonds is 11. The molecule has 6 nitrogen and oxygen atoms in total. The van der Waals surface area contributed by atoms with Gasteiger partial charge in [0.05, 0.1) is 6.61 Å². The summed E-state index contributed by atoms with van der Waals surface area (Å²) in [6.45, 7) is 0.511. The normalized spacial score (nSPS) is 19.4. The second-order valence-electron chi connectivity index (χ2n) is 11.2. The van der Waals surface area contributed by atoms with Gasteiger partial charge in [0.1, 0.15) is 5.75 Å². The Morgan fingerprint density at radius 2 is 1.64 bits per heavy atom. The van der Waals surface area contributed by atoms with Gasteiger partial charge in [-0.1, -0.05) is 94.8 Å². The number of amides is 1. The fraction of sp³-hybridized carbons (Fsp3) is 0.243. The molecule has 7 heteroatoms. The lowest BCUT2D eigenvalue weighted by Crippen LogP contribution is -2.51. The highest BCUT2D eigenvalue weighted by atomic mass is 79.9. The first-order valence-corrected chi connectivity index (χ1v) is 15.8. The first kappa shape index (κ1) is 29.9. The zero-order chi connectivity index (χ0) is 30.4. The third kappa shape index (κ3) is 6.64. The summed E-state index contributed by atoms with van der Waals surface area (Å²) in [5.74, 6) is 0.957. The minimum absolute atomic E-state index is 0.0185. The van der Waals surface area contributed by atoms with E-state index in [1.807, 2.05) is 103 Å². The summed E-state index contributed by atoms with van der Waals surface area (Å²) in [6, 6.07) is 33.8. The molecule has 0 saturated heterocycles. The van der Waals surface area contributed by atoms with Gasteiger partial charge in [-0.05, 0) is 71.5 Å². The van der Waals surface area contributed by atoms with Crippen LogP contribution in [0.1, 0.15) is 46.8 Å². The lowest BCUT2D eigenvalue weighted by Gasteiger charge is -2.31. The number of benzene rings is 4. The Balaban J connectivity index is 1.36.